The second-order valence-electron chi connectivity index (χ2n) is 5.91. The summed E-state index contributed by atoms with van der Waals surface area (Å²) in [4.78, 5) is -0.0669. The lowest BCUT2D eigenvalue weighted by Crippen LogP contribution is -2.55. The highest BCUT2D eigenvalue weighted by Crippen LogP contribution is 2.52. The van der Waals surface area contributed by atoms with Crippen LogP contribution in [0, 0.1) is 0 Å². The van der Waals surface area contributed by atoms with Crippen molar-refractivity contribution in [3.63, 3.8) is 0 Å². The monoisotopic (exact) mass is 441 g/mol. The lowest BCUT2D eigenvalue weighted by molar-refractivity contribution is -0.383. The molecule has 0 amide bonds. The summed E-state index contributed by atoms with van der Waals surface area (Å²) in [6, 6.07) is 10.1. The van der Waals surface area contributed by atoms with Crippen LogP contribution in [0.5, 0.6) is 0 Å². The van der Waals surface area contributed by atoms with Crippen LogP contribution in [0.25, 0.3) is 0 Å². The fourth-order valence-electron chi connectivity index (χ4n) is 2.91. The average molecular weight is 441 g/mol. The van der Waals surface area contributed by atoms with Gasteiger partial charge in [-0.15, -0.1) is 0 Å². The molecular weight excluding hydrogens is 424 g/mol. The zero-order valence-corrected chi connectivity index (χ0v) is 16.1. The fraction of sp³-hybridized carbons (Fsp3) is 0.333. The van der Waals surface area contributed by atoms with Gasteiger partial charge in [-0.2, -0.15) is 26.3 Å². The van der Waals surface area contributed by atoms with Crippen LogP contribution in [-0.2, 0) is 20.4 Å². The van der Waals surface area contributed by atoms with E-state index >= 15 is 0 Å². The van der Waals surface area contributed by atoms with E-state index in [9.17, 15) is 34.8 Å². The highest BCUT2D eigenvalue weighted by atomic mass is 32.2. The van der Waals surface area contributed by atoms with Crippen molar-refractivity contribution in [1.82, 2.24) is 0 Å². The lowest BCUT2D eigenvalue weighted by Gasteiger charge is -2.36. The molecule has 0 saturated carbocycles. The summed E-state index contributed by atoms with van der Waals surface area (Å²) < 4.78 is 110. The molecule has 0 bridgehead atoms. The fourth-order valence-corrected chi connectivity index (χ4v) is 4.41. The van der Waals surface area contributed by atoms with Crippen LogP contribution in [0.3, 0.4) is 0 Å². The van der Waals surface area contributed by atoms with Gasteiger partial charge in [-0.1, -0.05) is 30.3 Å². The Morgan fingerprint density at radius 3 is 1.72 bits per heavy atom. The summed E-state index contributed by atoms with van der Waals surface area (Å²) in [6.07, 6.45) is -11.6. The zero-order valence-electron chi connectivity index (χ0n) is 15.3. The number of halogens is 6. The van der Waals surface area contributed by atoms with Crippen LogP contribution in [0.1, 0.15) is 12.5 Å². The third kappa shape index (κ3) is 3.93. The van der Waals surface area contributed by atoms with E-state index < -0.39 is 33.5 Å². The third-order valence-corrected chi connectivity index (χ3v) is 6.20. The normalized spacial score (nSPS) is 13.4. The highest BCUT2D eigenvalue weighted by Gasteiger charge is 2.73. The number of methoxy groups -OCH3 is 1. The van der Waals surface area contributed by atoms with E-state index in [0.29, 0.717) is 19.2 Å². The second-order valence-corrected chi connectivity index (χ2v) is 7.77. The topological polar surface area (TPSA) is 46.6 Å². The molecule has 160 valence electrons. The number of hydrogen-bond donors (Lipinski definition) is 0. The van der Waals surface area contributed by atoms with E-state index in [1.54, 1.807) is 6.07 Å². The predicted octanol–water partition coefficient (Wildman–Crippen LogP) is 4.87. The average Bonchev–Trinajstić information content (AvgIpc) is 2.62. The Bertz CT molecular complexity index is 911. The minimum absolute atomic E-state index is 0.0669. The van der Waals surface area contributed by atoms with Crippen LogP contribution in [0.4, 0.5) is 32.0 Å². The Labute approximate surface area is 163 Å². The first-order chi connectivity index (χ1) is 13.3. The minimum Gasteiger partial charge on any atom is -0.357 e. The number of anilines is 1. The van der Waals surface area contributed by atoms with Crippen molar-refractivity contribution >= 4 is 15.7 Å². The van der Waals surface area contributed by atoms with Crippen LogP contribution < -0.4 is 4.31 Å². The van der Waals surface area contributed by atoms with E-state index in [4.69, 9.17) is 0 Å². The van der Waals surface area contributed by atoms with Gasteiger partial charge in [-0.25, -0.2) is 8.42 Å². The minimum atomic E-state index is -5.79. The Kier molecular flexibility index (Phi) is 6.24. The molecule has 0 aliphatic rings. The first kappa shape index (κ1) is 23.0. The Morgan fingerprint density at radius 1 is 0.862 bits per heavy atom. The van der Waals surface area contributed by atoms with Crippen molar-refractivity contribution in [1.29, 1.82) is 0 Å². The van der Waals surface area contributed by atoms with Crippen molar-refractivity contribution in [2.24, 2.45) is 0 Å². The summed E-state index contributed by atoms with van der Waals surface area (Å²) in [7, 11) is -3.74. The van der Waals surface area contributed by atoms with Crippen molar-refractivity contribution in [3.05, 3.63) is 60.2 Å². The van der Waals surface area contributed by atoms with Gasteiger partial charge in [-0.3, -0.25) is 4.31 Å². The first-order valence-corrected chi connectivity index (χ1v) is 9.64. The molecule has 0 N–H and O–H groups in total. The first-order valence-electron chi connectivity index (χ1n) is 8.20. The van der Waals surface area contributed by atoms with Crippen molar-refractivity contribution < 1.29 is 39.5 Å². The molecule has 2 aromatic carbocycles. The number of hydrogen-bond acceptors (Lipinski definition) is 3. The van der Waals surface area contributed by atoms with Gasteiger partial charge in [0.1, 0.15) is 0 Å². The molecule has 2 aromatic rings. The molecule has 0 aliphatic carbocycles. The number of alkyl halides is 6. The van der Waals surface area contributed by atoms with Gasteiger partial charge < -0.3 is 4.74 Å². The van der Waals surface area contributed by atoms with Crippen LogP contribution >= 0.6 is 0 Å². The molecule has 0 unspecified atom stereocenters. The lowest BCUT2D eigenvalue weighted by atomic mass is 9.91. The molecule has 0 aromatic heterocycles. The van der Waals surface area contributed by atoms with Gasteiger partial charge in [0.2, 0.25) is 0 Å². The molecule has 0 radical (unpaired) electrons. The maximum atomic E-state index is 13.3. The molecule has 4 nitrogen and oxygen atoms in total. The zero-order chi connectivity index (χ0) is 22.1. The molecular formula is C18H17F6NO3S. The number of nitrogens with zero attached hydrogens (tertiary/aromatic N) is 1. The van der Waals surface area contributed by atoms with E-state index in [-0.39, 0.29) is 17.1 Å². The molecule has 29 heavy (non-hydrogen) atoms. The summed E-state index contributed by atoms with van der Waals surface area (Å²) in [5, 5.41) is 0. The molecule has 0 atom stereocenters. The van der Waals surface area contributed by atoms with Gasteiger partial charge in [0.15, 0.2) is 0 Å². The summed E-state index contributed by atoms with van der Waals surface area (Å²) in [5.74, 6) is 0. The Morgan fingerprint density at radius 2 is 1.34 bits per heavy atom. The number of sulfonamides is 1. The van der Waals surface area contributed by atoms with Crippen molar-refractivity contribution in [2.45, 2.75) is 29.8 Å². The van der Waals surface area contributed by atoms with Crippen LogP contribution in [0.2, 0.25) is 0 Å². The molecule has 0 aliphatic heterocycles. The molecule has 0 heterocycles. The van der Waals surface area contributed by atoms with Crippen molar-refractivity contribution in [3.8, 4) is 0 Å². The van der Waals surface area contributed by atoms with Gasteiger partial charge in [0.05, 0.1) is 10.6 Å². The maximum absolute atomic E-state index is 13.3. The molecule has 0 spiro atoms. The number of ether oxygens (including phenoxy) is 1. The highest BCUT2D eigenvalue weighted by molar-refractivity contribution is 7.92. The predicted molar refractivity (Wildman–Crippen MR) is 93.9 cm³/mol. The van der Waals surface area contributed by atoms with Gasteiger partial charge in [0, 0.05) is 19.2 Å². The Balaban J connectivity index is 2.55. The second kappa shape index (κ2) is 7.86. The van der Waals surface area contributed by atoms with Gasteiger partial charge in [0.25, 0.3) is 15.6 Å². The summed E-state index contributed by atoms with van der Waals surface area (Å²) in [6.45, 7) is 1.39. The van der Waals surface area contributed by atoms with Crippen LogP contribution in [-0.4, -0.2) is 34.4 Å². The third-order valence-electron chi connectivity index (χ3n) is 4.28. The molecule has 0 saturated heterocycles. The summed E-state index contributed by atoms with van der Waals surface area (Å²) in [5.41, 5.74) is -5.83. The smallest absolute Gasteiger partial charge is 0.357 e. The Hall–Kier alpha value is -2.27. The van der Waals surface area contributed by atoms with E-state index in [1.807, 2.05) is 0 Å². The number of benzene rings is 2. The largest absolute Gasteiger partial charge is 0.430 e. The molecule has 11 heteroatoms. The maximum Gasteiger partial charge on any atom is 0.430 e. The van der Waals surface area contributed by atoms with E-state index in [1.165, 1.54) is 31.2 Å². The van der Waals surface area contributed by atoms with Crippen molar-refractivity contribution in [2.75, 3.05) is 18.0 Å². The summed E-state index contributed by atoms with van der Waals surface area (Å²) >= 11 is 0. The van der Waals surface area contributed by atoms with E-state index in [0.717, 1.165) is 16.4 Å². The SMILES string of the molecule is CCN(c1ccc(C(OC)(C(F)(F)F)C(F)(F)F)cc1)S(=O)(=O)c1ccccc1. The van der Waals surface area contributed by atoms with Crippen LogP contribution in [0.15, 0.2) is 59.5 Å². The molecule has 2 rings (SSSR count). The quantitative estimate of drug-likeness (QED) is 0.601. The standard InChI is InChI=1S/C18H17F6NO3S/c1-3-25(29(26,27)15-7-5-4-6-8-15)14-11-9-13(10-12-14)16(28-2,17(19,20)21)18(22,23)24/h4-12H,3H2,1-2H3. The van der Waals surface area contributed by atoms with E-state index in [2.05, 4.69) is 4.74 Å². The van der Waals surface area contributed by atoms with Gasteiger partial charge >= 0.3 is 12.4 Å². The molecule has 0 fully saturated rings. The van der Waals surface area contributed by atoms with Gasteiger partial charge in [-0.05, 0) is 31.2 Å². The number of rotatable bonds is 6.